The minimum atomic E-state index is 0.360. The van der Waals surface area contributed by atoms with Crippen LogP contribution in [-0.4, -0.2) is 3.92 Å². The van der Waals surface area contributed by atoms with Gasteiger partial charge in [0, 0.05) is 3.92 Å². The quantitative estimate of drug-likeness (QED) is 0.297. The van der Waals surface area contributed by atoms with Gasteiger partial charge in [0.25, 0.3) is 0 Å². The fourth-order valence-corrected chi connectivity index (χ4v) is 8.04. The standard InChI is InChI=1S/C26H39I/c1-4-7-18(19-10-11-21-17-24(27)13-12-20(21)14-19)15-23-16-22-8-5-6-9-25(22)26(23,2)3/h5-6,8-9,18-21,23-24H,4,7,10-17H2,1-3H3/t18?,19?,20?,21-,23?,24?/m0/s1. The van der Waals surface area contributed by atoms with E-state index in [2.05, 4.69) is 67.6 Å². The van der Waals surface area contributed by atoms with Crippen LogP contribution < -0.4 is 0 Å². The number of benzene rings is 1. The smallest absolute Gasteiger partial charge is 0.0112 e. The van der Waals surface area contributed by atoms with Gasteiger partial charge in [0.15, 0.2) is 0 Å². The van der Waals surface area contributed by atoms with Crippen LogP contribution in [0.2, 0.25) is 0 Å². The van der Waals surface area contributed by atoms with Crippen LogP contribution in [0.3, 0.4) is 0 Å². The average Bonchev–Trinajstić information content (AvgIpc) is 2.91. The maximum Gasteiger partial charge on any atom is 0.0112 e. The van der Waals surface area contributed by atoms with Crippen LogP contribution in [0.4, 0.5) is 0 Å². The highest BCUT2D eigenvalue weighted by Gasteiger charge is 2.42. The molecule has 1 heteroatoms. The second kappa shape index (κ2) is 8.36. The molecular weight excluding hydrogens is 439 g/mol. The monoisotopic (exact) mass is 478 g/mol. The van der Waals surface area contributed by atoms with E-state index < -0.39 is 0 Å². The van der Waals surface area contributed by atoms with Crippen molar-refractivity contribution in [3.8, 4) is 0 Å². The van der Waals surface area contributed by atoms with Crippen LogP contribution in [0.15, 0.2) is 24.3 Å². The van der Waals surface area contributed by atoms with Crippen LogP contribution in [0.5, 0.6) is 0 Å². The van der Waals surface area contributed by atoms with Crippen molar-refractivity contribution in [2.45, 2.75) is 94.3 Å². The van der Waals surface area contributed by atoms with Crippen LogP contribution in [0.1, 0.15) is 89.7 Å². The molecule has 2 fully saturated rings. The first-order valence-corrected chi connectivity index (χ1v) is 13.0. The summed E-state index contributed by atoms with van der Waals surface area (Å²) in [6.07, 6.45) is 14.7. The second-order valence-corrected chi connectivity index (χ2v) is 12.3. The Balaban J connectivity index is 1.45. The Hall–Kier alpha value is -0.0500. The molecule has 0 heterocycles. The Morgan fingerprint density at radius 2 is 1.78 bits per heavy atom. The Morgan fingerprint density at radius 3 is 2.56 bits per heavy atom. The summed E-state index contributed by atoms with van der Waals surface area (Å²) in [5.74, 6) is 4.94. The summed E-state index contributed by atoms with van der Waals surface area (Å²) in [4.78, 5) is 0. The van der Waals surface area contributed by atoms with E-state index in [1.807, 2.05) is 0 Å². The number of hydrogen-bond acceptors (Lipinski definition) is 0. The van der Waals surface area contributed by atoms with Gasteiger partial charge in [0.2, 0.25) is 0 Å². The number of hydrogen-bond donors (Lipinski definition) is 0. The van der Waals surface area contributed by atoms with Crippen molar-refractivity contribution in [1.29, 1.82) is 0 Å². The Labute approximate surface area is 181 Å². The fourth-order valence-electron chi connectivity index (χ4n) is 7.02. The molecule has 3 aliphatic carbocycles. The molecule has 1 aromatic carbocycles. The summed E-state index contributed by atoms with van der Waals surface area (Å²) in [6, 6.07) is 9.28. The summed E-state index contributed by atoms with van der Waals surface area (Å²) in [5, 5.41) is 0. The predicted octanol–water partition coefficient (Wildman–Crippen LogP) is 7.96. The van der Waals surface area contributed by atoms with E-state index in [0.29, 0.717) is 5.41 Å². The minimum absolute atomic E-state index is 0.360. The van der Waals surface area contributed by atoms with Crippen molar-refractivity contribution in [2.24, 2.45) is 29.6 Å². The Morgan fingerprint density at radius 1 is 1.04 bits per heavy atom. The van der Waals surface area contributed by atoms with Gasteiger partial charge in [0.05, 0.1) is 0 Å². The second-order valence-electron chi connectivity index (χ2n) is 10.6. The number of rotatable bonds is 5. The molecule has 5 unspecified atom stereocenters. The van der Waals surface area contributed by atoms with Crippen molar-refractivity contribution in [2.75, 3.05) is 0 Å². The van der Waals surface area contributed by atoms with E-state index in [-0.39, 0.29) is 0 Å². The normalized spacial score (nSPS) is 36.1. The summed E-state index contributed by atoms with van der Waals surface area (Å²) in [5.41, 5.74) is 3.63. The Kier molecular flexibility index (Phi) is 6.27. The van der Waals surface area contributed by atoms with Gasteiger partial charge in [-0.1, -0.05) is 80.5 Å². The van der Waals surface area contributed by atoms with E-state index in [9.17, 15) is 0 Å². The molecule has 0 saturated heterocycles. The maximum absolute atomic E-state index is 2.71. The van der Waals surface area contributed by atoms with Gasteiger partial charge in [-0.15, -0.1) is 0 Å². The lowest BCUT2D eigenvalue weighted by molar-refractivity contribution is 0.0849. The van der Waals surface area contributed by atoms with Gasteiger partial charge in [-0.05, 0) is 97.5 Å². The lowest BCUT2D eigenvalue weighted by atomic mass is 9.62. The van der Waals surface area contributed by atoms with Crippen LogP contribution >= 0.6 is 22.6 Å². The predicted molar refractivity (Wildman–Crippen MR) is 126 cm³/mol. The first-order chi connectivity index (χ1) is 13.0. The summed E-state index contributed by atoms with van der Waals surface area (Å²) in [7, 11) is 0. The van der Waals surface area contributed by atoms with E-state index in [0.717, 1.165) is 33.5 Å². The van der Waals surface area contributed by atoms with Gasteiger partial charge in [-0.2, -0.15) is 0 Å². The molecule has 0 spiro atoms. The fraction of sp³-hybridized carbons (Fsp3) is 0.769. The van der Waals surface area contributed by atoms with Gasteiger partial charge < -0.3 is 0 Å². The van der Waals surface area contributed by atoms with Crippen molar-refractivity contribution in [3.63, 3.8) is 0 Å². The van der Waals surface area contributed by atoms with E-state index in [4.69, 9.17) is 0 Å². The zero-order valence-corrected chi connectivity index (χ0v) is 19.9. The molecule has 6 atom stereocenters. The lowest BCUT2D eigenvalue weighted by Gasteiger charge is -2.44. The highest BCUT2D eigenvalue weighted by Crippen LogP contribution is 2.51. The minimum Gasteiger partial charge on any atom is -0.0826 e. The molecular formula is C26H39I. The third-order valence-corrected chi connectivity index (χ3v) is 9.83. The zero-order chi connectivity index (χ0) is 19.0. The molecule has 1 aromatic rings. The first kappa shape index (κ1) is 20.2. The van der Waals surface area contributed by atoms with Gasteiger partial charge >= 0.3 is 0 Å². The molecule has 3 aliphatic rings. The highest BCUT2D eigenvalue weighted by atomic mass is 127. The summed E-state index contributed by atoms with van der Waals surface area (Å²) < 4.78 is 0.963. The molecule has 0 aromatic heterocycles. The molecule has 0 bridgehead atoms. The maximum atomic E-state index is 2.71. The van der Waals surface area contributed by atoms with E-state index in [1.165, 1.54) is 57.8 Å². The van der Waals surface area contributed by atoms with Gasteiger partial charge in [-0.25, -0.2) is 0 Å². The molecule has 0 radical (unpaired) electrons. The van der Waals surface area contributed by atoms with E-state index >= 15 is 0 Å². The third-order valence-electron chi connectivity index (χ3n) is 8.70. The highest BCUT2D eigenvalue weighted by molar-refractivity contribution is 14.1. The van der Waals surface area contributed by atoms with Crippen molar-refractivity contribution >= 4 is 22.6 Å². The first-order valence-electron chi connectivity index (χ1n) is 11.7. The molecule has 0 amide bonds. The molecule has 0 nitrogen and oxygen atoms in total. The van der Waals surface area contributed by atoms with Crippen LogP contribution in [-0.2, 0) is 11.8 Å². The van der Waals surface area contributed by atoms with Crippen LogP contribution in [0, 0.1) is 29.6 Å². The average molecular weight is 479 g/mol. The number of fused-ring (bicyclic) bond motifs is 2. The lowest BCUT2D eigenvalue weighted by Crippen LogP contribution is -2.35. The van der Waals surface area contributed by atoms with Crippen molar-refractivity contribution in [3.05, 3.63) is 35.4 Å². The molecule has 27 heavy (non-hydrogen) atoms. The molecule has 0 N–H and O–H groups in total. The molecule has 150 valence electrons. The molecule has 4 rings (SSSR count). The zero-order valence-electron chi connectivity index (χ0n) is 17.7. The van der Waals surface area contributed by atoms with Gasteiger partial charge in [0.1, 0.15) is 0 Å². The SMILES string of the molecule is CCCC(CC1Cc2ccccc2C1(C)C)C1CC[C@H]2CC(I)CCC2C1. The number of halogens is 1. The molecule has 2 saturated carbocycles. The summed E-state index contributed by atoms with van der Waals surface area (Å²) >= 11 is 2.71. The van der Waals surface area contributed by atoms with Crippen molar-refractivity contribution in [1.82, 2.24) is 0 Å². The number of alkyl halides is 1. The topological polar surface area (TPSA) is 0 Å². The van der Waals surface area contributed by atoms with Crippen LogP contribution in [0.25, 0.3) is 0 Å². The third kappa shape index (κ3) is 4.14. The summed E-state index contributed by atoms with van der Waals surface area (Å²) in [6.45, 7) is 7.45. The van der Waals surface area contributed by atoms with Crippen molar-refractivity contribution < 1.29 is 0 Å². The van der Waals surface area contributed by atoms with Gasteiger partial charge in [-0.3, -0.25) is 0 Å². The largest absolute Gasteiger partial charge is 0.0826 e. The van der Waals surface area contributed by atoms with E-state index in [1.54, 1.807) is 17.5 Å². The Bertz CT molecular complexity index is 633. The molecule has 0 aliphatic heterocycles.